The Morgan fingerprint density at radius 3 is 2.28 bits per heavy atom. The van der Waals surface area contributed by atoms with Crippen LogP contribution in [-0.2, 0) is 21.4 Å². The Hall–Kier alpha value is -1.70. The van der Waals surface area contributed by atoms with Crippen LogP contribution in [0.4, 0.5) is 0 Å². The second-order valence-electron chi connectivity index (χ2n) is 5.86. The molecule has 0 aliphatic rings. The fourth-order valence-corrected chi connectivity index (χ4v) is 3.36. The molecule has 1 N–H and O–H groups in total. The van der Waals surface area contributed by atoms with Gasteiger partial charge in [0, 0.05) is 11.0 Å². The molecule has 0 saturated heterocycles. The molecule has 1 amide bonds. The molecule has 5 nitrogen and oxygen atoms in total. The standard InChI is InChI=1S/C18H21BrN2O3S/c1-14(16-8-10-17(19)11-9-16)20-18(22)13-21(25(2,23)24)12-15-6-4-3-5-7-15/h3-11,14H,12-13H2,1-2H3,(H,20,22). The quantitative estimate of drug-likeness (QED) is 0.742. The summed E-state index contributed by atoms with van der Waals surface area (Å²) < 4.78 is 26.1. The molecule has 0 aliphatic heterocycles. The van der Waals surface area contributed by atoms with Crippen LogP contribution >= 0.6 is 15.9 Å². The molecule has 2 aromatic rings. The van der Waals surface area contributed by atoms with Gasteiger partial charge in [-0.2, -0.15) is 4.31 Å². The van der Waals surface area contributed by atoms with Crippen molar-refractivity contribution in [2.24, 2.45) is 0 Å². The van der Waals surface area contributed by atoms with E-state index in [-0.39, 0.29) is 25.0 Å². The first kappa shape index (κ1) is 19.6. The van der Waals surface area contributed by atoms with E-state index in [2.05, 4.69) is 21.2 Å². The third-order valence-electron chi connectivity index (χ3n) is 3.74. The molecular weight excluding hydrogens is 404 g/mol. The van der Waals surface area contributed by atoms with Crippen molar-refractivity contribution < 1.29 is 13.2 Å². The van der Waals surface area contributed by atoms with Crippen molar-refractivity contribution in [2.45, 2.75) is 19.5 Å². The maximum Gasteiger partial charge on any atom is 0.235 e. The maximum atomic E-state index is 12.3. The van der Waals surface area contributed by atoms with Gasteiger partial charge >= 0.3 is 0 Å². The van der Waals surface area contributed by atoms with Crippen molar-refractivity contribution in [3.63, 3.8) is 0 Å². The molecule has 7 heteroatoms. The molecule has 0 heterocycles. The van der Waals surface area contributed by atoms with Crippen LogP contribution in [0.15, 0.2) is 59.1 Å². The highest BCUT2D eigenvalue weighted by molar-refractivity contribution is 9.10. The van der Waals surface area contributed by atoms with E-state index in [0.29, 0.717) is 0 Å². The van der Waals surface area contributed by atoms with E-state index in [4.69, 9.17) is 0 Å². The zero-order chi connectivity index (χ0) is 18.4. The summed E-state index contributed by atoms with van der Waals surface area (Å²) in [5.41, 5.74) is 1.78. The van der Waals surface area contributed by atoms with E-state index in [1.54, 1.807) is 0 Å². The minimum atomic E-state index is -3.50. The molecule has 0 saturated carbocycles. The number of halogens is 1. The average molecular weight is 425 g/mol. The number of nitrogens with one attached hydrogen (secondary N) is 1. The predicted molar refractivity (Wildman–Crippen MR) is 102 cm³/mol. The lowest BCUT2D eigenvalue weighted by molar-refractivity contribution is -0.122. The molecule has 2 rings (SSSR count). The van der Waals surface area contributed by atoms with E-state index in [9.17, 15) is 13.2 Å². The van der Waals surface area contributed by atoms with Crippen LogP contribution in [0.25, 0.3) is 0 Å². The fourth-order valence-electron chi connectivity index (χ4n) is 2.36. The first-order valence-corrected chi connectivity index (χ1v) is 10.4. The van der Waals surface area contributed by atoms with Gasteiger partial charge in [0.05, 0.1) is 18.8 Å². The Morgan fingerprint density at radius 2 is 1.72 bits per heavy atom. The topological polar surface area (TPSA) is 66.5 Å². The van der Waals surface area contributed by atoms with Crippen molar-refractivity contribution in [2.75, 3.05) is 12.8 Å². The summed E-state index contributed by atoms with van der Waals surface area (Å²) in [6.45, 7) is 1.82. The predicted octanol–water partition coefficient (Wildman–Crippen LogP) is 3.09. The number of sulfonamides is 1. The molecule has 0 aliphatic carbocycles. The van der Waals surface area contributed by atoms with Gasteiger partial charge in [-0.1, -0.05) is 58.4 Å². The molecule has 25 heavy (non-hydrogen) atoms. The van der Waals surface area contributed by atoms with E-state index in [1.165, 1.54) is 4.31 Å². The maximum absolute atomic E-state index is 12.3. The Kier molecular flexibility index (Phi) is 6.75. The van der Waals surface area contributed by atoms with Gasteiger partial charge < -0.3 is 5.32 Å². The lowest BCUT2D eigenvalue weighted by atomic mass is 10.1. The van der Waals surface area contributed by atoms with Crippen molar-refractivity contribution in [3.8, 4) is 0 Å². The van der Waals surface area contributed by atoms with Gasteiger partial charge in [0.25, 0.3) is 0 Å². The van der Waals surface area contributed by atoms with Crippen molar-refractivity contribution >= 4 is 31.9 Å². The van der Waals surface area contributed by atoms with Crippen LogP contribution in [0.1, 0.15) is 24.1 Å². The second kappa shape index (κ2) is 8.60. The molecule has 1 atom stereocenters. The first-order valence-electron chi connectivity index (χ1n) is 7.79. The Balaban J connectivity index is 2.03. The summed E-state index contributed by atoms with van der Waals surface area (Å²) in [6, 6.07) is 16.6. The van der Waals surface area contributed by atoms with Crippen molar-refractivity contribution in [1.82, 2.24) is 9.62 Å². The first-order chi connectivity index (χ1) is 11.8. The molecule has 0 aromatic heterocycles. The van der Waals surface area contributed by atoms with Crippen LogP contribution in [0, 0.1) is 0 Å². The number of benzene rings is 2. The highest BCUT2D eigenvalue weighted by Gasteiger charge is 2.21. The molecular formula is C18H21BrN2O3S. The van der Waals surface area contributed by atoms with Gasteiger partial charge in [-0.3, -0.25) is 4.79 Å². The largest absolute Gasteiger partial charge is 0.348 e. The Bertz CT molecular complexity index is 808. The summed E-state index contributed by atoms with van der Waals surface area (Å²) >= 11 is 3.37. The molecule has 134 valence electrons. The van der Waals surface area contributed by atoms with Crippen molar-refractivity contribution in [3.05, 3.63) is 70.2 Å². The average Bonchev–Trinajstić information content (AvgIpc) is 2.55. The molecule has 0 spiro atoms. The Labute approximate surface area is 157 Å². The third-order valence-corrected chi connectivity index (χ3v) is 5.46. The summed E-state index contributed by atoms with van der Waals surface area (Å²) in [5.74, 6) is -0.336. The van der Waals surface area contributed by atoms with Crippen LogP contribution in [0.5, 0.6) is 0 Å². The summed E-state index contributed by atoms with van der Waals surface area (Å²) in [5, 5.41) is 2.84. The normalized spacial score (nSPS) is 12.8. The zero-order valence-electron chi connectivity index (χ0n) is 14.1. The molecule has 2 aromatic carbocycles. The van der Waals surface area contributed by atoms with Crippen LogP contribution in [0.3, 0.4) is 0 Å². The van der Waals surface area contributed by atoms with E-state index in [0.717, 1.165) is 21.9 Å². The smallest absolute Gasteiger partial charge is 0.235 e. The van der Waals surface area contributed by atoms with Gasteiger partial charge in [0.15, 0.2) is 0 Å². The van der Waals surface area contributed by atoms with Gasteiger partial charge in [-0.05, 0) is 30.2 Å². The third kappa shape index (κ3) is 6.26. The van der Waals surface area contributed by atoms with Gasteiger partial charge in [0.2, 0.25) is 15.9 Å². The number of hydrogen-bond acceptors (Lipinski definition) is 3. The number of carbonyl (C=O) groups is 1. The van der Waals surface area contributed by atoms with Crippen LogP contribution < -0.4 is 5.32 Å². The van der Waals surface area contributed by atoms with Gasteiger partial charge in [-0.15, -0.1) is 0 Å². The number of hydrogen-bond donors (Lipinski definition) is 1. The highest BCUT2D eigenvalue weighted by atomic mass is 79.9. The minimum absolute atomic E-state index is 0.166. The highest BCUT2D eigenvalue weighted by Crippen LogP contribution is 2.16. The fraction of sp³-hybridized carbons (Fsp3) is 0.278. The van der Waals surface area contributed by atoms with Gasteiger partial charge in [-0.25, -0.2) is 8.42 Å². The van der Waals surface area contributed by atoms with Crippen LogP contribution in [-0.4, -0.2) is 31.4 Å². The van der Waals surface area contributed by atoms with E-state index in [1.807, 2.05) is 61.5 Å². The Morgan fingerprint density at radius 1 is 1.12 bits per heavy atom. The SMILES string of the molecule is CC(NC(=O)CN(Cc1ccccc1)S(C)(=O)=O)c1ccc(Br)cc1. The zero-order valence-corrected chi connectivity index (χ0v) is 16.5. The van der Waals surface area contributed by atoms with Gasteiger partial charge in [0.1, 0.15) is 0 Å². The number of amides is 1. The second-order valence-corrected chi connectivity index (χ2v) is 8.76. The number of nitrogens with zero attached hydrogens (tertiary/aromatic N) is 1. The molecule has 0 bridgehead atoms. The number of rotatable bonds is 7. The molecule has 1 unspecified atom stereocenters. The lowest BCUT2D eigenvalue weighted by Gasteiger charge is -2.21. The lowest BCUT2D eigenvalue weighted by Crippen LogP contribution is -2.40. The summed E-state index contributed by atoms with van der Waals surface area (Å²) in [4.78, 5) is 12.3. The summed E-state index contributed by atoms with van der Waals surface area (Å²) in [7, 11) is -3.50. The monoisotopic (exact) mass is 424 g/mol. The molecule has 0 fully saturated rings. The van der Waals surface area contributed by atoms with E-state index < -0.39 is 10.0 Å². The van der Waals surface area contributed by atoms with Crippen LogP contribution in [0.2, 0.25) is 0 Å². The number of carbonyl (C=O) groups excluding carboxylic acids is 1. The minimum Gasteiger partial charge on any atom is -0.348 e. The van der Waals surface area contributed by atoms with E-state index >= 15 is 0 Å². The molecule has 0 radical (unpaired) electrons. The van der Waals surface area contributed by atoms with Crippen molar-refractivity contribution in [1.29, 1.82) is 0 Å². The summed E-state index contributed by atoms with van der Waals surface area (Å²) in [6.07, 6.45) is 1.11.